The maximum Gasteiger partial charge on any atom is 0.355 e. The highest BCUT2D eigenvalue weighted by atomic mass is 32.1. The number of carboxylic acid groups (broad SMARTS) is 1. The fourth-order valence-corrected chi connectivity index (χ4v) is 2.02. The van der Waals surface area contributed by atoms with E-state index in [1.54, 1.807) is 24.4 Å². The van der Waals surface area contributed by atoms with Crippen molar-refractivity contribution in [2.75, 3.05) is 5.32 Å². The number of aromatic nitrogens is 2. The summed E-state index contributed by atoms with van der Waals surface area (Å²) in [6.07, 6.45) is 1.61. The first-order valence-corrected chi connectivity index (χ1v) is 5.91. The molecule has 2 rings (SSSR count). The molecule has 0 aliphatic heterocycles. The zero-order valence-electron chi connectivity index (χ0n) is 9.16. The van der Waals surface area contributed by atoms with E-state index < -0.39 is 5.97 Å². The molecule has 0 fully saturated rings. The molecule has 0 saturated heterocycles. The number of carboxylic acids is 1. The standard InChI is InChI=1S/C11H9N3O3S/c15-9(14-8-3-1-2-4-12-8)5-10-13-7(6-18-10)11(16)17/h1-4,6H,5H2,(H,16,17)(H,12,14,15). The summed E-state index contributed by atoms with van der Waals surface area (Å²) in [5.41, 5.74) is -0.0411. The Morgan fingerprint density at radius 1 is 1.39 bits per heavy atom. The zero-order chi connectivity index (χ0) is 13.0. The predicted octanol–water partition coefficient (Wildman–Crippen LogP) is 1.42. The normalized spacial score (nSPS) is 10.0. The van der Waals surface area contributed by atoms with E-state index in [4.69, 9.17) is 5.11 Å². The van der Waals surface area contributed by atoms with E-state index >= 15 is 0 Å². The number of anilines is 1. The van der Waals surface area contributed by atoms with Gasteiger partial charge in [0, 0.05) is 11.6 Å². The second kappa shape index (κ2) is 5.37. The largest absolute Gasteiger partial charge is 0.476 e. The Hall–Kier alpha value is -2.28. The molecule has 0 aromatic carbocycles. The number of nitrogens with one attached hydrogen (secondary N) is 1. The molecule has 0 spiro atoms. The number of amides is 1. The highest BCUT2D eigenvalue weighted by Crippen LogP contribution is 2.11. The van der Waals surface area contributed by atoms with Crippen LogP contribution in [0.3, 0.4) is 0 Å². The third kappa shape index (κ3) is 3.11. The van der Waals surface area contributed by atoms with Crippen LogP contribution in [0.4, 0.5) is 5.82 Å². The number of carbonyl (C=O) groups excluding carboxylic acids is 1. The van der Waals surface area contributed by atoms with Crippen LogP contribution >= 0.6 is 11.3 Å². The Bertz CT molecular complexity index is 568. The van der Waals surface area contributed by atoms with Crippen LogP contribution < -0.4 is 5.32 Å². The van der Waals surface area contributed by atoms with Gasteiger partial charge in [0.15, 0.2) is 5.69 Å². The van der Waals surface area contributed by atoms with Crippen molar-refractivity contribution in [2.45, 2.75) is 6.42 Å². The lowest BCUT2D eigenvalue weighted by atomic mass is 10.4. The molecular formula is C11H9N3O3S. The first-order chi connectivity index (χ1) is 8.65. The van der Waals surface area contributed by atoms with Gasteiger partial charge in [0.25, 0.3) is 0 Å². The summed E-state index contributed by atoms with van der Waals surface area (Å²) in [5.74, 6) is -0.917. The van der Waals surface area contributed by atoms with Crippen molar-refractivity contribution in [1.29, 1.82) is 0 Å². The van der Waals surface area contributed by atoms with Crippen molar-refractivity contribution in [3.8, 4) is 0 Å². The summed E-state index contributed by atoms with van der Waals surface area (Å²) in [7, 11) is 0. The molecule has 2 heterocycles. The van der Waals surface area contributed by atoms with E-state index in [-0.39, 0.29) is 18.0 Å². The number of hydrogen-bond donors (Lipinski definition) is 2. The second-order valence-corrected chi connectivity index (χ2v) is 4.31. The molecule has 0 bridgehead atoms. The van der Waals surface area contributed by atoms with E-state index in [0.717, 1.165) is 11.3 Å². The van der Waals surface area contributed by atoms with Gasteiger partial charge in [-0.2, -0.15) is 0 Å². The van der Waals surface area contributed by atoms with Crippen molar-refractivity contribution >= 4 is 29.0 Å². The molecule has 2 aromatic heterocycles. The Kier molecular flexibility index (Phi) is 3.63. The van der Waals surface area contributed by atoms with Gasteiger partial charge in [0.1, 0.15) is 10.8 Å². The summed E-state index contributed by atoms with van der Waals surface area (Å²) >= 11 is 1.14. The fourth-order valence-electron chi connectivity index (χ4n) is 1.25. The van der Waals surface area contributed by atoms with Crippen molar-refractivity contribution in [1.82, 2.24) is 9.97 Å². The number of hydrogen-bond acceptors (Lipinski definition) is 5. The van der Waals surface area contributed by atoms with E-state index in [2.05, 4.69) is 15.3 Å². The zero-order valence-corrected chi connectivity index (χ0v) is 9.98. The van der Waals surface area contributed by atoms with Crippen LogP contribution in [-0.4, -0.2) is 27.0 Å². The molecule has 0 radical (unpaired) electrons. The van der Waals surface area contributed by atoms with E-state index in [1.807, 2.05) is 0 Å². The van der Waals surface area contributed by atoms with E-state index in [1.165, 1.54) is 5.38 Å². The highest BCUT2D eigenvalue weighted by molar-refractivity contribution is 7.09. The lowest BCUT2D eigenvalue weighted by Crippen LogP contribution is -2.15. The number of pyridine rings is 1. The molecular weight excluding hydrogens is 254 g/mol. The summed E-state index contributed by atoms with van der Waals surface area (Å²) in [6.45, 7) is 0. The van der Waals surface area contributed by atoms with Crippen LogP contribution in [-0.2, 0) is 11.2 Å². The third-order valence-corrected chi connectivity index (χ3v) is 2.86. The maximum atomic E-state index is 11.6. The van der Waals surface area contributed by atoms with Gasteiger partial charge < -0.3 is 10.4 Å². The average molecular weight is 263 g/mol. The summed E-state index contributed by atoms with van der Waals surface area (Å²) in [6, 6.07) is 5.17. The van der Waals surface area contributed by atoms with Crippen LogP contribution in [0.25, 0.3) is 0 Å². The number of nitrogens with zero attached hydrogens (tertiary/aromatic N) is 2. The van der Waals surface area contributed by atoms with Crippen molar-refractivity contribution in [2.24, 2.45) is 0 Å². The van der Waals surface area contributed by atoms with E-state index in [9.17, 15) is 9.59 Å². The molecule has 0 saturated carbocycles. The van der Waals surface area contributed by atoms with Crippen LogP contribution in [0.15, 0.2) is 29.8 Å². The monoisotopic (exact) mass is 263 g/mol. The Morgan fingerprint density at radius 3 is 2.83 bits per heavy atom. The van der Waals surface area contributed by atoms with Gasteiger partial charge in [-0.1, -0.05) is 6.07 Å². The first kappa shape index (κ1) is 12.2. The molecule has 18 heavy (non-hydrogen) atoms. The SMILES string of the molecule is O=C(Cc1nc(C(=O)O)cs1)Nc1ccccn1. The summed E-state index contributed by atoms with van der Waals surface area (Å²) in [5, 5.41) is 13.2. The molecule has 92 valence electrons. The van der Waals surface area contributed by atoms with Crippen molar-refractivity contribution < 1.29 is 14.7 Å². The van der Waals surface area contributed by atoms with Crippen LogP contribution in [0.5, 0.6) is 0 Å². The maximum absolute atomic E-state index is 11.6. The third-order valence-electron chi connectivity index (χ3n) is 2.02. The molecule has 6 nitrogen and oxygen atoms in total. The summed E-state index contributed by atoms with van der Waals surface area (Å²) in [4.78, 5) is 30.0. The van der Waals surface area contributed by atoms with Gasteiger partial charge in [0.2, 0.25) is 5.91 Å². The van der Waals surface area contributed by atoms with Gasteiger partial charge in [-0.3, -0.25) is 4.79 Å². The molecule has 0 aliphatic carbocycles. The molecule has 0 unspecified atom stereocenters. The Morgan fingerprint density at radius 2 is 2.22 bits per heavy atom. The van der Waals surface area contributed by atoms with Crippen LogP contribution in [0.1, 0.15) is 15.5 Å². The Labute approximate surface area is 106 Å². The predicted molar refractivity (Wildman–Crippen MR) is 65.6 cm³/mol. The minimum absolute atomic E-state index is 0.0362. The van der Waals surface area contributed by atoms with Gasteiger partial charge in [-0.05, 0) is 12.1 Å². The van der Waals surface area contributed by atoms with Crippen molar-refractivity contribution in [3.63, 3.8) is 0 Å². The lowest BCUT2D eigenvalue weighted by Gasteiger charge is -2.01. The second-order valence-electron chi connectivity index (χ2n) is 3.37. The fraction of sp³-hybridized carbons (Fsp3) is 0.0909. The van der Waals surface area contributed by atoms with Crippen LogP contribution in [0.2, 0.25) is 0 Å². The number of carbonyl (C=O) groups is 2. The molecule has 7 heteroatoms. The molecule has 1 amide bonds. The first-order valence-electron chi connectivity index (χ1n) is 5.04. The van der Waals surface area contributed by atoms with Gasteiger partial charge in [-0.15, -0.1) is 11.3 Å². The van der Waals surface area contributed by atoms with Crippen LogP contribution in [0, 0.1) is 0 Å². The van der Waals surface area contributed by atoms with Gasteiger partial charge in [-0.25, -0.2) is 14.8 Å². The number of thiazole rings is 1. The summed E-state index contributed by atoms with van der Waals surface area (Å²) < 4.78 is 0. The van der Waals surface area contributed by atoms with Crippen molar-refractivity contribution in [3.05, 3.63) is 40.5 Å². The average Bonchev–Trinajstić information content (AvgIpc) is 2.78. The quantitative estimate of drug-likeness (QED) is 0.870. The molecule has 2 N–H and O–H groups in total. The van der Waals surface area contributed by atoms with E-state index in [0.29, 0.717) is 10.8 Å². The minimum Gasteiger partial charge on any atom is -0.476 e. The molecule has 2 aromatic rings. The molecule has 0 atom stereocenters. The lowest BCUT2D eigenvalue weighted by molar-refractivity contribution is -0.115. The Balaban J connectivity index is 1.97. The highest BCUT2D eigenvalue weighted by Gasteiger charge is 2.11. The van der Waals surface area contributed by atoms with Gasteiger partial charge >= 0.3 is 5.97 Å². The molecule has 0 aliphatic rings. The number of rotatable bonds is 4. The smallest absolute Gasteiger partial charge is 0.355 e. The topological polar surface area (TPSA) is 92.2 Å². The number of aromatic carboxylic acids is 1. The minimum atomic E-state index is -1.09. The van der Waals surface area contributed by atoms with Gasteiger partial charge in [0.05, 0.1) is 6.42 Å².